The summed E-state index contributed by atoms with van der Waals surface area (Å²) in [7, 11) is 1.71. The van der Waals surface area contributed by atoms with Crippen LogP contribution in [0.4, 0.5) is 0 Å². The molecule has 0 aromatic heterocycles. The molecule has 2 saturated heterocycles. The maximum atomic E-state index is 12.5. The van der Waals surface area contributed by atoms with Crippen molar-refractivity contribution < 1.29 is 14.3 Å². The second-order valence-corrected chi connectivity index (χ2v) is 7.06. The zero-order valence-electron chi connectivity index (χ0n) is 16.2. The third kappa shape index (κ3) is 6.64. The predicted octanol–water partition coefficient (Wildman–Crippen LogP) is 1.92. The summed E-state index contributed by atoms with van der Waals surface area (Å²) < 4.78 is 11.3. The quantitative estimate of drug-likeness (QED) is 0.726. The molecule has 7 heteroatoms. The van der Waals surface area contributed by atoms with Crippen molar-refractivity contribution in [1.29, 1.82) is 0 Å². The monoisotopic (exact) mass is 397 g/mol. The molecule has 0 saturated carbocycles. The smallest absolute Gasteiger partial charge is 0.223 e. The molecule has 2 fully saturated rings. The van der Waals surface area contributed by atoms with Gasteiger partial charge in [-0.25, -0.2) is 0 Å². The highest BCUT2D eigenvalue weighted by atomic mass is 35.5. The van der Waals surface area contributed by atoms with Gasteiger partial charge in [0.05, 0.1) is 13.2 Å². The molecule has 2 aliphatic heterocycles. The van der Waals surface area contributed by atoms with Crippen LogP contribution < -0.4 is 10.1 Å². The van der Waals surface area contributed by atoms with Gasteiger partial charge in [0, 0.05) is 64.4 Å². The highest BCUT2D eigenvalue weighted by Crippen LogP contribution is 2.21. The van der Waals surface area contributed by atoms with Crippen LogP contribution in [0.5, 0.6) is 5.75 Å². The van der Waals surface area contributed by atoms with Crippen LogP contribution in [0.2, 0.25) is 0 Å². The summed E-state index contributed by atoms with van der Waals surface area (Å²) in [4.78, 5) is 16.8. The van der Waals surface area contributed by atoms with Crippen molar-refractivity contribution in [2.24, 2.45) is 0 Å². The second-order valence-electron chi connectivity index (χ2n) is 7.06. The molecular formula is C20H32ClN3O3. The number of nitrogens with zero attached hydrogens (tertiary/aromatic N) is 2. The van der Waals surface area contributed by atoms with E-state index in [9.17, 15) is 4.79 Å². The first kappa shape index (κ1) is 22.0. The van der Waals surface area contributed by atoms with Gasteiger partial charge < -0.3 is 19.7 Å². The number of hydrogen-bond acceptors (Lipinski definition) is 5. The van der Waals surface area contributed by atoms with Crippen LogP contribution in [-0.4, -0.2) is 74.8 Å². The van der Waals surface area contributed by atoms with Gasteiger partial charge in [-0.05, 0) is 18.9 Å². The van der Waals surface area contributed by atoms with Crippen LogP contribution in [0.25, 0.3) is 0 Å². The maximum absolute atomic E-state index is 12.5. The molecule has 0 radical (unpaired) electrons. The van der Waals surface area contributed by atoms with E-state index in [0.29, 0.717) is 6.42 Å². The van der Waals surface area contributed by atoms with Crippen LogP contribution in [0.15, 0.2) is 24.3 Å². The standard InChI is InChI=1S/C20H31N3O3.ClH/c1-25-19-7-3-2-5-17(19)15-22(16-18-6-4-14-26-18)11-8-20(24)23-12-9-21-10-13-23;/h2-3,5,7,18,21H,4,6,8-16H2,1H3;1H. The van der Waals surface area contributed by atoms with Crippen LogP contribution in [0.3, 0.4) is 0 Å². The Kier molecular flexibility index (Phi) is 9.34. The van der Waals surface area contributed by atoms with Gasteiger partial charge in [0.2, 0.25) is 5.91 Å². The summed E-state index contributed by atoms with van der Waals surface area (Å²) >= 11 is 0. The molecule has 1 N–H and O–H groups in total. The molecule has 152 valence electrons. The van der Waals surface area contributed by atoms with E-state index in [4.69, 9.17) is 9.47 Å². The second kappa shape index (κ2) is 11.5. The number of ether oxygens (including phenoxy) is 2. The Hall–Kier alpha value is -1.34. The number of rotatable bonds is 8. The molecule has 27 heavy (non-hydrogen) atoms. The van der Waals surface area contributed by atoms with Gasteiger partial charge in [0.1, 0.15) is 5.75 Å². The van der Waals surface area contributed by atoms with Crippen molar-refractivity contribution in [2.45, 2.75) is 31.9 Å². The molecule has 0 aliphatic carbocycles. The molecular weight excluding hydrogens is 366 g/mol. The first-order valence-electron chi connectivity index (χ1n) is 9.70. The molecule has 2 heterocycles. The Labute approximate surface area is 168 Å². The summed E-state index contributed by atoms with van der Waals surface area (Å²) in [5.74, 6) is 1.15. The van der Waals surface area contributed by atoms with Gasteiger partial charge in [-0.2, -0.15) is 0 Å². The summed E-state index contributed by atoms with van der Waals surface area (Å²) in [6, 6.07) is 8.11. The fourth-order valence-electron chi connectivity index (χ4n) is 3.71. The number of carbonyl (C=O) groups excluding carboxylic acids is 1. The van der Waals surface area contributed by atoms with Crippen LogP contribution >= 0.6 is 12.4 Å². The van der Waals surface area contributed by atoms with Crippen molar-refractivity contribution in [3.05, 3.63) is 29.8 Å². The Morgan fingerprint density at radius 1 is 1.33 bits per heavy atom. The average molecular weight is 398 g/mol. The molecule has 0 bridgehead atoms. The lowest BCUT2D eigenvalue weighted by atomic mass is 10.1. The van der Waals surface area contributed by atoms with E-state index in [1.54, 1.807) is 7.11 Å². The highest BCUT2D eigenvalue weighted by Gasteiger charge is 2.22. The summed E-state index contributed by atoms with van der Waals surface area (Å²) in [5.41, 5.74) is 1.16. The molecule has 1 aromatic rings. The summed E-state index contributed by atoms with van der Waals surface area (Å²) in [6.45, 7) is 6.67. The van der Waals surface area contributed by atoms with E-state index in [1.807, 2.05) is 23.1 Å². The zero-order valence-corrected chi connectivity index (χ0v) is 17.0. The Bertz CT molecular complexity index is 575. The molecule has 0 spiro atoms. The highest BCUT2D eigenvalue weighted by molar-refractivity contribution is 5.85. The van der Waals surface area contributed by atoms with Gasteiger partial charge in [-0.3, -0.25) is 9.69 Å². The van der Waals surface area contributed by atoms with Gasteiger partial charge >= 0.3 is 0 Å². The number of hydrogen-bond donors (Lipinski definition) is 1. The van der Waals surface area contributed by atoms with E-state index in [-0.39, 0.29) is 24.4 Å². The third-order valence-corrected chi connectivity index (χ3v) is 5.18. The fourth-order valence-corrected chi connectivity index (χ4v) is 3.71. The Balaban J connectivity index is 0.00000261. The Morgan fingerprint density at radius 2 is 2.11 bits per heavy atom. The number of methoxy groups -OCH3 is 1. The topological polar surface area (TPSA) is 54.0 Å². The SMILES string of the molecule is COc1ccccc1CN(CCC(=O)N1CCNCC1)CC1CCCO1.Cl. The molecule has 1 atom stereocenters. The number of nitrogens with one attached hydrogen (secondary N) is 1. The van der Waals surface area contributed by atoms with E-state index in [1.165, 1.54) is 0 Å². The lowest BCUT2D eigenvalue weighted by Gasteiger charge is -2.30. The summed E-state index contributed by atoms with van der Waals surface area (Å²) in [6.07, 6.45) is 3.07. The van der Waals surface area contributed by atoms with Crippen molar-refractivity contribution >= 4 is 18.3 Å². The minimum absolute atomic E-state index is 0. The van der Waals surface area contributed by atoms with E-state index >= 15 is 0 Å². The van der Waals surface area contributed by atoms with Crippen molar-refractivity contribution in [3.63, 3.8) is 0 Å². The van der Waals surface area contributed by atoms with Crippen LogP contribution in [0, 0.1) is 0 Å². The minimum atomic E-state index is 0. The zero-order chi connectivity index (χ0) is 18.2. The summed E-state index contributed by atoms with van der Waals surface area (Å²) in [5, 5.41) is 3.29. The molecule has 3 rings (SSSR count). The average Bonchev–Trinajstić information content (AvgIpc) is 3.20. The van der Waals surface area contributed by atoms with E-state index in [2.05, 4.69) is 16.3 Å². The van der Waals surface area contributed by atoms with Gasteiger partial charge in [0.25, 0.3) is 0 Å². The molecule has 1 unspecified atom stereocenters. The third-order valence-electron chi connectivity index (χ3n) is 5.18. The van der Waals surface area contributed by atoms with Crippen LogP contribution in [-0.2, 0) is 16.1 Å². The van der Waals surface area contributed by atoms with Crippen molar-refractivity contribution in [1.82, 2.24) is 15.1 Å². The number of piperazine rings is 1. The minimum Gasteiger partial charge on any atom is -0.496 e. The predicted molar refractivity (Wildman–Crippen MR) is 109 cm³/mol. The number of halogens is 1. The van der Waals surface area contributed by atoms with E-state index < -0.39 is 0 Å². The van der Waals surface area contributed by atoms with Crippen molar-refractivity contribution in [3.8, 4) is 5.75 Å². The first-order chi connectivity index (χ1) is 12.8. The number of amides is 1. The molecule has 2 aliphatic rings. The molecule has 1 amide bonds. The largest absolute Gasteiger partial charge is 0.496 e. The maximum Gasteiger partial charge on any atom is 0.223 e. The normalized spacial score (nSPS) is 19.8. The lowest BCUT2D eigenvalue weighted by molar-refractivity contribution is -0.132. The fraction of sp³-hybridized carbons (Fsp3) is 0.650. The number of para-hydroxylation sites is 1. The van der Waals surface area contributed by atoms with Gasteiger partial charge in [-0.1, -0.05) is 18.2 Å². The van der Waals surface area contributed by atoms with E-state index in [0.717, 1.165) is 76.6 Å². The van der Waals surface area contributed by atoms with Crippen LogP contribution in [0.1, 0.15) is 24.8 Å². The lowest BCUT2D eigenvalue weighted by Crippen LogP contribution is -2.47. The van der Waals surface area contributed by atoms with Crippen molar-refractivity contribution in [2.75, 3.05) is 53.0 Å². The molecule has 1 aromatic carbocycles. The number of carbonyl (C=O) groups is 1. The number of benzene rings is 1. The van der Waals surface area contributed by atoms with Gasteiger partial charge in [0.15, 0.2) is 0 Å². The molecule has 6 nitrogen and oxygen atoms in total. The Morgan fingerprint density at radius 3 is 2.81 bits per heavy atom. The first-order valence-corrected chi connectivity index (χ1v) is 9.70. The van der Waals surface area contributed by atoms with Gasteiger partial charge in [-0.15, -0.1) is 12.4 Å².